The maximum Gasteiger partial charge on any atom is 0.309 e. The molecule has 78 valence electrons. The number of esters is 1. The van der Waals surface area contributed by atoms with Gasteiger partial charge in [-0.25, -0.2) is 5.23 Å². The lowest BCUT2D eigenvalue weighted by Gasteiger charge is -2.45. The predicted molar refractivity (Wildman–Crippen MR) is 44.7 cm³/mol. The van der Waals surface area contributed by atoms with E-state index in [-0.39, 0.29) is 41.1 Å². The molecule has 6 atom stereocenters. The van der Waals surface area contributed by atoms with Gasteiger partial charge in [-0.15, -0.1) is 0 Å². The lowest BCUT2D eigenvalue weighted by atomic mass is 9.91. The molecule has 2 bridgehead atoms. The predicted octanol–water partition coefficient (Wildman–Crippen LogP) is -1.12. The summed E-state index contributed by atoms with van der Waals surface area (Å²) in [6.45, 7) is 0. The van der Waals surface area contributed by atoms with Gasteiger partial charge in [-0.05, 0) is 12.8 Å². The highest BCUT2D eigenvalue weighted by Gasteiger charge is 2.67. The van der Waals surface area contributed by atoms with Crippen molar-refractivity contribution in [3.8, 4) is 0 Å². The summed E-state index contributed by atoms with van der Waals surface area (Å²) in [6.07, 6.45) is 1.99. The van der Waals surface area contributed by atoms with Crippen LogP contribution in [0.25, 0.3) is 0 Å². The summed E-state index contributed by atoms with van der Waals surface area (Å²) in [6, 6.07) is -0.00199. The summed E-state index contributed by atoms with van der Waals surface area (Å²) in [5, 5.41) is 11.1. The number of hydroxylamine groups is 2. The number of quaternary nitrogens is 1. The Hall–Kier alpha value is -0.650. The van der Waals surface area contributed by atoms with Gasteiger partial charge < -0.3 is 9.94 Å². The highest BCUT2D eigenvalue weighted by Crippen LogP contribution is 2.52. The molecular weight excluding hydrogens is 186 g/mol. The Kier molecular flexibility index (Phi) is 1.66. The Labute approximate surface area is 81.5 Å². The molecule has 1 saturated heterocycles. The second kappa shape index (κ2) is 2.68. The molecule has 0 aromatic rings. The fourth-order valence-electron chi connectivity index (χ4n) is 3.44. The first kappa shape index (κ1) is 8.64. The third-order valence-corrected chi connectivity index (χ3v) is 3.99. The minimum atomic E-state index is -0.164. The van der Waals surface area contributed by atoms with Crippen LogP contribution in [0.2, 0.25) is 0 Å². The van der Waals surface area contributed by atoms with E-state index < -0.39 is 0 Å². The maximum absolute atomic E-state index is 11.5. The van der Waals surface area contributed by atoms with Crippen LogP contribution in [-0.2, 0) is 14.4 Å². The molecule has 0 radical (unpaired) electrons. The van der Waals surface area contributed by atoms with Gasteiger partial charge in [-0.3, -0.25) is 4.79 Å². The zero-order valence-electron chi connectivity index (χ0n) is 7.93. The second-order valence-electron chi connectivity index (χ2n) is 4.38. The lowest BCUT2D eigenvalue weighted by molar-refractivity contribution is -1.14. The smallest absolute Gasteiger partial charge is 0.309 e. The largest absolute Gasteiger partial charge is 0.600 e. The quantitative estimate of drug-likeness (QED) is 0.429. The average Bonchev–Trinajstić information content (AvgIpc) is 2.66. The highest BCUT2D eigenvalue weighted by molar-refractivity contribution is 5.74. The maximum atomic E-state index is 11.5. The first-order chi connectivity index (χ1) is 6.74. The lowest BCUT2D eigenvalue weighted by Crippen LogP contribution is -3.21. The monoisotopic (exact) mass is 199 g/mol. The Morgan fingerprint density at radius 3 is 2.79 bits per heavy atom. The Balaban J connectivity index is 1.86. The zero-order valence-corrected chi connectivity index (χ0v) is 7.93. The van der Waals surface area contributed by atoms with Crippen LogP contribution in [0.15, 0.2) is 0 Å². The number of fused-ring (bicyclic) bond motifs is 5. The third kappa shape index (κ3) is 0.827. The van der Waals surface area contributed by atoms with E-state index in [1.54, 1.807) is 0 Å². The molecule has 2 saturated carbocycles. The first-order valence-corrected chi connectivity index (χ1v) is 5.02. The van der Waals surface area contributed by atoms with Crippen LogP contribution < -0.4 is 5.23 Å². The van der Waals surface area contributed by atoms with E-state index in [2.05, 4.69) is 0 Å². The van der Waals surface area contributed by atoms with Crippen molar-refractivity contribution in [2.24, 2.45) is 17.8 Å². The molecule has 3 rings (SSSR count). The number of carbonyl (C=O) groups is 1. The van der Waals surface area contributed by atoms with Gasteiger partial charge in [0.05, 0.1) is 13.0 Å². The van der Waals surface area contributed by atoms with Crippen molar-refractivity contribution in [2.45, 2.75) is 25.0 Å². The van der Waals surface area contributed by atoms with Crippen LogP contribution in [0.4, 0.5) is 0 Å². The van der Waals surface area contributed by atoms with Gasteiger partial charge >= 0.3 is 5.97 Å². The Morgan fingerprint density at radius 2 is 2.21 bits per heavy atom. The molecule has 2 aliphatic carbocycles. The van der Waals surface area contributed by atoms with Crippen LogP contribution in [0.1, 0.15) is 12.8 Å². The SMILES string of the molecule is COC(=O)C1C2CCC1C1C2O[NH+]1[O-]. The van der Waals surface area contributed by atoms with Crippen molar-refractivity contribution in [2.75, 3.05) is 7.11 Å². The summed E-state index contributed by atoms with van der Waals surface area (Å²) < 4.78 is 4.77. The molecule has 0 aromatic heterocycles. The Morgan fingerprint density at radius 1 is 1.50 bits per heavy atom. The average molecular weight is 199 g/mol. The van der Waals surface area contributed by atoms with E-state index >= 15 is 0 Å². The molecule has 0 amide bonds. The van der Waals surface area contributed by atoms with Gasteiger partial charge in [0.2, 0.25) is 0 Å². The van der Waals surface area contributed by atoms with Crippen LogP contribution in [0, 0.1) is 23.0 Å². The molecule has 1 heterocycles. The van der Waals surface area contributed by atoms with E-state index in [0.717, 1.165) is 12.8 Å². The summed E-state index contributed by atoms with van der Waals surface area (Å²) in [5.41, 5.74) is 0. The van der Waals surface area contributed by atoms with Crippen molar-refractivity contribution < 1.29 is 19.6 Å². The molecule has 0 aromatic carbocycles. The van der Waals surface area contributed by atoms with Gasteiger partial charge in [-0.1, -0.05) is 0 Å². The van der Waals surface area contributed by atoms with Crippen LogP contribution >= 0.6 is 0 Å². The number of hydrogen-bond acceptors (Lipinski definition) is 4. The topological polar surface area (TPSA) is 63.0 Å². The van der Waals surface area contributed by atoms with Gasteiger partial charge in [0, 0.05) is 11.8 Å². The van der Waals surface area contributed by atoms with E-state index in [9.17, 15) is 10.0 Å². The molecular formula is C9H13NO4. The minimum Gasteiger partial charge on any atom is -0.600 e. The fourth-order valence-corrected chi connectivity index (χ4v) is 3.44. The minimum absolute atomic E-state index is 0.00199. The van der Waals surface area contributed by atoms with Crippen molar-refractivity contribution in [3.05, 3.63) is 5.21 Å². The number of methoxy groups -OCH3 is 1. The molecule has 3 fully saturated rings. The van der Waals surface area contributed by atoms with Crippen LogP contribution in [0.5, 0.6) is 0 Å². The Bertz CT molecular complexity index is 282. The number of nitrogens with one attached hydrogen (secondary N) is 1. The molecule has 0 spiro atoms. The number of hydrogen-bond donors (Lipinski definition) is 1. The van der Waals surface area contributed by atoms with Gasteiger partial charge in [0.1, 0.15) is 0 Å². The van der Waals surface area contributed by atoms with E-state index in [1.807, 2.05) is 0 Å². The highest BCUT2D eigenvalue weighted by atomic mass is 16.9. The molecule has 1 aliphatic heterocycles. The molecule has 6 unspecified atom stereocenters. The van der Waals surface area contributed by atoms with E-state index in [0.29, 0.717) is 0 Å². The van der Waals surface area contributed by atoms with Crippen molar-refractivity contribution in [1.82, 2.24) is 0 Å². The normalized spacial score (nSPS) is 53.9. The molecule has 3 aliphatic rings. The number of rotatable bonds is 1. The van der Waals surface area contributed by atoms with Crippen molar-refractivity contribution >= 4 is 5.97 Å². The standard InChI is InChI=1S/C9H13NO4/c1-13-9(11)6-4-2-3-5(6)8-7(4)10(12)14-8/h4-8,10H,2-3H2,1H3. The third-order valence-electron chi connectivity index (χ3n) is 3.99. The van der Waals surface area contributed by atoms with E-state index in [1.165, 1.54) is 7.11 Å². The van der Waals surface area contributed by atoms with Gasteiger partial charge in [0.15, 0.2) is 12.1 Å². The summed E-state index contributed by atoms with van der Waals surface area (Å²) >= 11 is 0. The summed E-state index contributed by atoms with van der Waals surface area (Å²) in [7, 11) is 1.41. The summed E-state index contributed by atoms with van der Waals surface area (Å²) in [4.78, 5) is 16.6. The first-order valence-electron chi connectivity index (χ1n) is 5.02. The van der Waals surface area contributed by atoms with Crippen LogP contribution in [-0.4, -0.2) is 25.2 Å². The van der Waals surface area contributed by atoms with Crippen LogP contribution in [0.3, 0.4) is 0 Å². The second-order valence-corrected chi connectivity index (χ2v) is 4.38. The van der Waals surface area contributed by atoms with Crippen molar-refractivity contribution in [3.63, 3.8) is 0 Å². The van der Waals surface area contributed by atoms with Gasteiger partial charge in [0.25, 0.3) is 0 Å². The van der Waals surface area contributed by atoms with Crippen molar-refractivity contribution in [1.29, 1.82) is 0 Å². The fraction of sp³-hybridized carbons (Fsp3) is 0.889. The number of carbonyl (C=O) groups excluding carboxylic acids is 1. The summed E-state index contributed by atoms with van der Waals surface area (Å²) in [5.74, 6) is 0.179. The molecule has 14 heavy (non-hydrogen) atoms. The number of ether oxygens (including phenoxy) is 1. The molecule has 1 N–H and O–H groups in total. The molecule has 5 heteroatoms. The van der Waals surface area contributed by atoms with E-state index in [4.69, 9.17) is 9.57 Å². The zero-order chi connectivity index (χ0) is 9.87. The molecule has 5 nitrogen and oxygen atoms in total. The van der Waals surface area contributed by atoms with Gasteiger partial charge in [-0.2, -0.15) is 4.84 Å².